The zero-order valence-corrected chi connectivity index (χ0v) is 16.3. The third kappa shape index (κ3) is 3.67. The number of rotatable bonds is 5. The van der Waals surface area contributed by atoms with Gasteiger partial charge in [-0.15, -0.1) is 11.3 Å². The first-order valence-electron chi connectivity index (χ1n) is 9.73. The molecule has 142 valence electrons. The quantitative estimate of drug-likeness (QED) is 0.794. The van der Waals surface area contributed by atoms with Crippen molar-refractivity contribution in [3.05, 3.63) is 22.4 Å². The number of nitrogens with zero attached hydrogens (tertiary/aromatic N) is 2. The molecule has 1 unspecified atom stereocenters. The molecule has 0 aromatic carbocycles. The lowest BCUT2D eigenvalue weighted by molar-refractivity contribution is -0.128. The van der Waals surface area contributed by atoms with Gasteiger partial charge in [0.25, 0.3) is 5.91 Å². The minimum Gasteiger partial charge on any atom is -0.381 e. The van der Waals surface area contributed by atoms with Gasteiger partial charge < -0.3 is 14.5 Å². The summed E-state index contributed by atoms with van der Waals surface area (Å²) in [5.41, 5.74) is 0.113. The predicted octanol–water partition coefficient (Wildman–Crippen LogP) is 2.88. The molecule has 1 spiro atoms. The molecule has 4 rings (SSSR count). The monoisotopic (exact) mass is 376 g/mol. The first-order chi connectivity index (χ1) is 12.6. The third-order valence-electron chi connectivity index (χ3n) is 6.41. The molecule has 1 atom stereocenters. The molecule has 1 aromatic heterocycles. The molecule has 1 aromatic rings. The van der Waals surface area contributed by atoms with Crippen molar-refractivity contribution >= 4 is 23.2 Å². The first-order valence-corrected chi connectivity index (χ1v) is 10.6. The Balaban J connectivity index is 1.39. The molecule has 2 amide bonds. The Bertz CT molecular complexity index is 648. The molecular weight excluding hydrogens is 348 g/mol. The van der Waals surface area contributed by atoms with E-state index >= 15 is 0 Å². The molecule has 3 aliphatic rings. The van der Waals surface area contributed by atoms with Gasteiger partial charge >= 0.3 is 0 Å². The van der Waals surface area contributed by atoms with Crippen LogP contribution in [-0.4, -0.2) is 61.0 Å². The first kappa shape index (κ1) is 18.0. The largest absolute Gasteiger partial charge is 0.381 e. The average molecular weight is 377 g/mol. The molecule has 5 nitrogen and oxygen atoms in total. The third-order valence-corrected chi connectivity index (χ3v) is 7.26. The van der Waals surface area contributed by atoms with Gasteiger partial charge in [-0.2, -0.15) is 0 Å². The second kappa shape index (κ2) is 7.31. The molecule has 1 saturated carbocycles. The lowest BCUT2D eigenvalue weighted by Crippen LogP contribution is -2.47. The van der Waals surface area contributed by atoms with Crippen molar-refractivity contribution < 1.29 is 14.3 Å². The highest BCUT2D eigenvalue weighted by Gasteiger charge is 2.49. The second-order valence-electron chi connectivity index (χ2n) is 8.21. The molecule has 3 fully saturated rings. The van der Waals surface area contributed by atoms with Crippen molar-refractivity contribution in [2.24, 2.45) is 17.3 Å². The van der Waals surface area contributed by atoms with Gasteiger partial charge in [0.2, 0.25) is 5.91 Å². The molecule has 2 saturated heterocycles. The molecule has 3 heterocycles. The van der Waals surface area contributed by atoms with Gasteiger partial charge in [0.15, 0.2) is 0 Å². The number of piperidine rings is 1. The molecule has 2 aliphatic heterocycles. The van der Waals surface area contributed by atoms with E-state index in [9.17, 15) is 9.59 Å². The standard InChI is InChI=1S/C20H28N2O3S/c1-15(23)22-11-17(13-25-12-16-4-5-16)20(14-22)6-8-21(9-7-20)19(24)18-3-2-10-26-18/h2-3,10,16-17H,4-9,11-14H2,1H3. The lowest BCUT2D eigenvalue weighted by atomic mass is 9.71. The van der Waals surface area contributed by atoms with Gasteiger partial charge in [-0.1, -0.05) is 6.07 Å². The van der Waals surface area contributed by atoms with Gasteiger partial charge in [-0.25, -0.2) is 0 Å². The minimum absolute atomic E-state index is 0.113. The van der Waals surface area contributed by atoms with Crippen LogP contribution in [0.5, 0.6) is 0 Å². The van der Waals surface area contributed by atoms with Crippen LogP contribution < -0.4 is 0 Å². The second-order valence-corrected chi connectivity index (χ2v) is 9.16. The van der Waals surface area contributed by atoms with Gasteiger partial charge in [-0.05, 0) is 48.5 Å². The maximum atomic E-state index is 12.6. The maximum absolute atomic E-state index is 12.6. The Morgan fingerprint density at radius 2 is 2.00 bits per heavy atom. The zero-order chi connectivity index (χ0) is 18.1. The number of carbonyl (C=O) groups is 2. The summed E-state index contributed by atoms with van der Waals surface area (Å²) in [6.07, 6.45) is 4.53. The summed E-state index contributed by atoms with van der Waals surface area (Å²) in [6, 6.07) is 3.83. The summed E-state index contributed by atoms with van der Waals surface area (Å²) < 4.78 is 6.01. The summed E-state index contributed by atoms with van der Waals surface area (Å²) >= 11 is 1.51. The highest BCUT2D eigenvalue weighted by molar-refractivity contribution is 7.12. The van der Waals surface area contributed by atoms with Crippen molar-refractivity contribution in [1.82, 2.24) is 9.80 Å². The van der Waals surface area contributed by atoms with Crippen LogP contribution >= 0.6 is 11.3 Å². The molecule has 0 N–H and O–H groups in total. The number of ether oxygens (including phenoxy) is 1. The number of carbonyl (C=O) groups excluding carboxylic acids is 2. The highest BCUT2D eigenvalue weighted by atomic mass is 32.1. The smallest absolute Gasteiger partial charge is 0.263 e. The minimum atomic E-state index is 0.113. The summed E-state index contributed by atoms with van der Waals surface area (Å²) in [5, 5.41) is 1.95. The van der Waals surface area contributed by atoms with Crippen LogP contribution in [0.4, 0.5) is 0 Å². The van der Waals surface area contributed by atoms with Crippen molar-refractivity contribution in [3.8, 4) is 0 Å². The van der Waals surface area contributed by atoms with Crippen LogP contribution in [-0.2, 0) is 9.53 Å². The highest BCUT2D eigenvalue weighted by Crippen LogP contribution is 2.45. The fourth-order valence-corrected chi connectivity index (χ4v) is 5.13. The Kier molecular flexibility index (Phi) is 5.06. The van der Waals surface area contributed by atoms with Crippen LogP contribution in [0.25, 0.3) is 0 Å². The lowest BCUT2D eigenvalue weighted by Gasteiger charge is -2.42. The van der Waals surface area contributed by atoms with Crippen LogP contribution in [0.2, 0.25) is 0 Å². The molecular formula is C20H28N2O3S. The summed E-state index contributed by atoms with van der Waals surface area (Å²) in [7, 11) is 0. The van der Waals surface area contributed by atoms with Crippen LogP contribution in [0.1, 0.15) is 42.3 Å². The summed E-state index contributed by atoms with van der Waals surface area (Å²) in [4.78, 5) is 29.4. The van der Waals surface area contributed by atoms with E-state index in [0.29, 0.717) is 5.92 Å². The molecule has 1 aliphatic carbocycles. The maximum Gasteiger partial charge on any atom is 0.263 e. The van der Waals surface area contributed by atoms with E-state index in [2.05, 4.69) is 0 Å². The van der Waals surface area contributed by atoms with E-state index < -0.39 is 0 Å². The van der Waals surface area contributed by atoms with E-state index in [-0.39, 0.29) is 17.2 Å². The number of hydrogen-bond acceptors (Lipinski definition) is 4. The van der Waals surface area contributed by atoms with Crippen LogP contribution in [0.3, 0.4) is 0 Å². The Morgan fingerprint density at radius 3 is 2.62 bits per heavy atom. The van der Waals surface area contributed by atoms with Crippen molar-refractivity contribution in [2.45, 2.75) is 32.6 Å². The van der Waals surface area contributed by atoms with Crippen molar-refractivity contribution in [1.29, 1.82) is 0 Å². The number of hydrogen-bond donors (Lipinski definition) is 0. The Labute approximate surface area is 159 Å². The van der Waals surface area contributed by atoms with E-state index in [4.69, 9.17) is 4.74 Å². The molecule has 0 radical (unpaired) electrons. The Hall–Kier alpha value is -1.40. The van der Waals surface area contributed by atoms with Gasteiger partial charge in [-0.3, -0.25) is 9.59 Å². The van der Waals surface area contributed by atoms with E-state index in [0.717, 1.165) is 63.0 Å². The molecule has 6 heteroatoms. The van der Waals surface area contributed by atoms with E-state index in [1.807, 2.05) is 27.3 Å². The number of likely N-dealkylation sites (tertiary alicyclic amines) is 2. The fourth-order valence-electron chi connectivity index (χ4n) is 4.44. The van der Waals surface area contributed by atoms with Gasteiger partial charge in [0, 0.05) is 45.6 Å². The van der Waals surface area contributed by atoms with Crippen LogP contribution in [0.15, 0.2) is 17.5 Å². The average Bonchev–Trinajstić information content (AvgIpc) is 3.16. The fraction of sp³-hybridized carbons (Fsp3) is 0.700. The molecule has 0 bridgehead atoms. The SMILES string of the molecule is CC(=O)N1CC(COCC2CC2)C2(CCN(C(=O)c3cccs3)CC2)C1. The van der Waals surface area contributed by atoms with Gasteiger partial charge in [0.1, 0.15) is 0 Å². The topological polar surface area (TPSA) is 49.9 Å². The predicted molar refractivity (Wildman–Crippen MR) is 101 cm³/mol. The van der Waals surface area contributed by atoms with Crippen molar-refractivity contribution in [3.63, 3.8) is 0 Å². The summed E-state index contributed by atoms with van der Waals surface area (Å²) in [6.45, 7) is 6.47. The van der Waals surface area contributed by atoms with Crippen molar-refractivity contribution in [2.75, 3.05) is 39.4 Å². The summed E-state index contributed by atoms with van der Waals surface area (Å²) in [5.74, 6) is 1.47. The normalized spacial score (nSPS) is 25.0. The number of thiophene rings is 1. The van der Waals surface area contributed by atoms with E-state index in [1.54, 1.807) is 6.92 Å². The van der Waals surface area contributed by atoms with E-state index in [1.165, 1.54) is 24.2 Å². The van der Waals surface area contributed by atoms with Crippen LogP contribution in [0, 0.1) is 17.3 Å². The number of amides is 2. The Morgan fingerprint density at radius 1 is 1.23 bits per heavy atom. The van der Waals surface area contributed by atoms with Gasteiger partial charge in [0.05, 0.1) is 11.5 Å². The molecule has 26 heavy (non-hydrogen) atoms. The zero-order valence-electron chi connectivity index (χ0n) is 15.5.